The normalized spacial score (nSPS) is 39.6. The summed E-state index contributed by atoms with van der Waals surface area (Å²) in [5.74, 6) is -3.55. The number of methoxy groups -OCH3 is 1. The van der Waals surface area contributed by atoms with Crippen molar-refractivity contribution in [2.75, 3.05) is 18.6 Å². The first-order valence-electron chi connectivity index (χ1n) is 16.7. The number of hydrogen-bond acceptors (Lipinski definition) is 11. The fourth-order valence-electron chi connectivity index (χ4n) is 8.20. The Bertz CT molecular complexity index is 1460. The van der Waals surface area contributed by atoms with Gasteiger partial charge in [-0.3, -0.25) is 4.79 Å². The van der Waals surface area contributed by atoms with Gasteiger partial charge in [-0.2, -0.15) is 0 Å². The summed E-state index contributed by atoms with van der Waals surface area (Å²) >= 11 is 0. The van der Waals surface area contributed by atoms with E-state index in [0.29, 0.717) is 12.0 Å². The predicted octanol–water partition coefficient (Wildman–Crippen LogP) is 3.41. The number of sulfone groups is 1. The molecule has 11 nitrogen and oxygen atoms in total. The van der Waals surface area contributed by atoms with E-state index in [1.54, 1.807) is 19.9 Å². The average molecular weight is 677 g/mol. The molecule has 5 aliphatic rings. The molecule has 0 aromatic rings. The van der Waals surface area contributed by atoms with Crippen molar-refractivity contribution in [2.45, 2.75) is 103 Å². The Morgan fingerprint density at radius 1 is 1.21 bits per heavy atom. The highest BCUT2D eigenvalue weighted by molar-refractivity contribution is 7.91. The van der Waals surface area contributed by atoms with E-state index in [0.717, 1.165) is 5.57 Å². The molecular formula is C35H48O11S. The summed E-state index contributed by atoms with van der Waals surface area (Å²) in [5.41, 5.74) is 0.363. The maximum Gasteiger partial charge on any atom is 0.335 e. The Morgan fingerprint density at radius 3 is 2.62 bits per heavy atom. The lowest BCUT2D eigenvalue weighted by molar-refractivity contribution is -0.179. The van der Waals surface area contributed by atoms with Crippen molar-refractivity contribution in [2.24, 2.45) is 29.6 Å². The van der Waals surface area contributed by atoms with Crippen molar-refractivity contribution < 1.29 is 51.6 Å². The second kappa shape index (κ2) is 14.0. The summed E-state index contributed by atoms with van der Waals surface area (Å²) in [6, 6.07) is 0. The maximum absolute atomic E-state index is 13.6. The van der Waals surface area contributed by atoms with Gasteiger partial charge < -0.3 is 28.8 Å². The van der Waals surface area contributed by atoms with E-state index in [-0.39, 0.29) is 48.5 Å². The molecule has 2 aliphatic heterocycles. The van der Waals surface area contributed by atoms with Crippen LogP contribution in [0.5, 0.6) is 0 Å². The van der Waals surface area contributed by atoms with Crippen LogP contribution in [0, 0.1) is 29.6 Å². The van der Waals surface area contributed by atoms with Crippen molar-refractivity contribution in [3.05, 3.63) is 47.6 Å². The third-order valence-corrected chi connectivity index (χ3v) is 12.5. The van der Waals surface area contributed by atoms with E-state index >= 15 is 0 Å². The maximum atomic E-state index is 13.6. The van der Waals surface area contributed by atoms with Gasteiger partial charge >= 0.3 is 17.9 Å². The minimum atomic E-state index is -3.22. The van der Waals surface area contributed by atoms with Crippen LogP contribution in [0.3, 0.4) is 0 Å². The van der Waals surface area contributed by atoms with Gasteiger partial charge in [0.25, 0.3) is 0 Å². The Balaban J connectivity index is 1.43. The molecule has 5 rings (SSSR count). The van der Waals surface area contributed by atoms with Gasteiger partial charge in [0.1, 0.15) is 39.9 Å². The number of cyclic esters (lactones) is 1. The van der Waals surface area contributed by atoms with E-state index in [9.17, 15) is 27.9 Å². The summed E-state index contributed by atoms with van der Waals surface area (Å²) in [5, 5.41) is 11.9. The first-order valence-corrected chi connectivity index (χ1v) is 18.5. The number of ether oxygens (including phenoxy) is 5. The van der Waals surface area contributed by atoms with Crippen LogP contribution in [-0.4, -0.2) is 92.3 Å². The predicted molar refractivity (Wildman–Crippen MR) is 171 cm³/mol. The minimum absolute atomic E-state index is 0.00226. The van der Waals surface area contributed by atoms with Crippen molar-refractivity contribution in [3.8, 4) is 0 Å². The Morgan fingerprint density at radius 2 is 1.96 bits per heavy atom. The van der Waals surface area contributed by atoms with E-state index in [1.807, 2.05) is 51.2 Å². The zero-order chi connectivity index (χ0) is 34.3. The lowest BCUT2D eigenvalue weighted by atomic mass is 9.57. The van der Waals surface area contributed by atoms with Gasteiger partial charge in [0, 0.05) is 54.4 Å². The molecule has 1 saturated carbocycles. The second-order valence-corrected chi connectivity index (χ2v) is 16.1. The van der Waals surface area contributed by atoms with Gasteiger partial charge in [-0.05, 0) is 38.7 Å². The molecule has 1 spiro atoms. The Kier molecular flexibility index (Phi) is 10.6. The molecule has 260 valence electrons. The van der Waals surface area contributed by atoms with Crippen LogP contribution in [-0.2, 0) is 47.9 Å². The van der Waals surface area contributed by atoms with Crippen LogP contribution in [0.2, 0.25) is 0 Å². The van der Waals surface area contributed by atoms with Crippen molar-refractivity contribution in [1.82, 2.24) is 0 Å². The highest BCUT2D eigenvalue weighted by Gasteiger charge is 2.69. The highest BCUT2D eigenvalue weighted by Crippen LogP contribution is 2.61. The van der Waals surface area contributed by atoms with E-state index in [1.165, 1.54) is 7.11 Å². The summed E-state index contributed by atoms with van der Waals surface area (Å²) in [6.07, 6.45) is 7.42. The van der Waals surface area contributed by atoms with Gasteiger partial charge in [-0.25, -0.2) is 18.0 Å². The van der Waals surface area contributed by atoms with Crippen molar-refractivity contribution >= 4 is 27.7 Å². The van der Waals surface area contributed by atoms with Gasteiger partial charge in [0.15, 0.2) is 6.10 Å². The molecule has 0 aromatic carbocycles. The molecule has 12 atom stereocenters. The number of hydrogen-bond donors (Lipinski definition) is 1. The standard InChI is InChI=1S/C35H48O11S/c1-7-47(40,41)16-10-13-27(36)43-22(5)30-19(2)17-20(3)35-24(18-26(42-6)34(39)44-30)14-15-25-28(35)29(37)21(4)31(32(25)46-35)45-33(38)23-11-8-9-12-23/h8-9,11,14-15,17,19,21-22,24-26,28-32,37H,7,10,12-13,16,18H2,1-6H3/b20-17+/t19-,21-,22-,24-,25-,26+,28+,29-,30+,31-,32-,35+/m1/s1. The number of aliphatic hydroxyl groups excluding tert-OH is 1. The summed E-state index contributed by atoms with van der Waals surface area (Å²) in [7, 11) is -1.78. The second-order valence-electron chi connectivity index (χ2n) is 13.6. The van der Waals surface area contributed by atoms with E-state index < -0.39 is 81.8 Å². The van der Waals surface area contributed by atoms with Crippen molar-refractivity contribution in [1.29, 1.82) is 0 Å². The monoisotopic (exact) mass is 676 g/mol. The zero-order valence-electron chi connectivity index (χ0n) is 28.0. The summed E-state index contributed by atoms with van der Waals surface area (Å²) < 4.78 is 54.1. The molecule has 0 aromatic heterocycles. The van der Waals surface area contributed by atoms with Gasteiger partial charge in [-0.1, -0.05) is 57.2 Å². The molecule has 4 bridgehead atoms. The third kappa shape index (κ3) is 6.75. The minimum Gasteiger partial charge on any atom is -0.459 e. The van der Waals surface area contributed by atoms with Crippen LogP contribution in [0.1, 0.15) is 60.3 Å². The zero-order valence-corrected chi connectivity index (χ0v) is 28.8. The van der Waals surface area contributed by atoms with Gasteiger partial charge in [0.2, 0.25) is 0 Å². The molecule has 1 N–H and O–H groups in total. The van der Waals surface area contributed by atoms with E-state index in [2.05, 4.69) is 0 Å². The van der Waals surface area contributed by atoms with Crippen LogP contribution in [0.15, 0.2) is 47.6 Å². The number of allylic oxidation sites excluding steroid dienone is 3. The molecule has 47 heavy (non-hydrogen) atoms. The topological polar surface area (TPSA) is 152 Å². The first-order chi connectivity index (χ1) is 22.2. The summed E-state index contributed by atoms with van der Waals surface area (Å²) in [6.45, 7) is 8.89. The van der Waals surface area contributed by atoms with Crippen LogP contribution < -0.4 is 0 Å². The summed E-state index contributed by atoms with van der Waals surface area (Å²) in [4.78, 5) is 39.4. The smallest absolute Gasteiger partial charge is 0.335 e. The number of rotatable bonds is 10. The van der Waals surface area contributed by atoms with Crippen LogP contribution in [0.25, 0.3) is 0 Å². The molecule has 0 amide bonds. The molecule has 2 fully saturated rings. The molecular weight excluding hydrogens is 628 g/mol. The molecule has 0 unspecified atom stereocenters. The number of carbonyl (C=O) groups is 3. The molecule has 1 saturated heterocycles. The molecule has 3 aliphatic carbocycles. The van der Waals surface area contributed by atoms with E-state index in [4.69, 9.17) is 23.7 Å². The molecule has 0 radical (unpaired) electrons. The molecule has 2 heterocycles. The van der Waals surface area contributed by atoms with Crippen LogP contribution in [0.4, 0.5) is 0 Å². The number of esters is 3. The van der Waals surface area contributed by atoms with Crippen LogP contribution >= 0.6 is 0 Å². The number of carbonyl (C=O) groups excluding carboxylic acids is 3. The SMILES string of the molecule is CCS(=O)(=O)CCCC(=O)O[C@H](C)[C@H]1OC(=O)[C@@H](OC)C[C@H]2C=C[C@H]3[C@H]4O[C@]2(/C(C)=C/[C@H]1C)[C@@H]3[C@H](O)[C@@H](C)[C@H]4OC(=O)C1=CC=CC1. The average Bonchev–Trinajstić information content (AvgIpc) is 3.63. The lowest BCUT2D eigenvalue weighted by Crippen LogP contribution is -2.57. The quantitative estimate of drug-likeness (QED) is 0.206. The highest BCUT2D eigenvalue weighted by atomic mass is 32.2. The Labute approximate surface area is 277 Å². The van der Waals surface area contributed by atoms with Crippen molar-refractivity contribution in [3.63, 3.8) is 0 Å². The first kappa shape index (κ1) is 35.5. The Hall–Kier alpha value is -2.80. The fourth-order valence-corrected chi connectivity index (χ4v) is 9.07. The van der Waals surface area contributed by atoms with Gasteiger partial charge in [0.05, 0.1) is 11.9 Å². The lowest BCUT2D eigenvalue weighted by Gasteiger charge is -2.49. The fraction of sp³-hybridized carbons (Fsp3) is 0.686. The largest absolute Gasteiger partial charge is 0.459 e. The third-order valence-electron chi connectivity index (χ3n) is 10.7. The number of aliphatic hydroxyl groups is 1. The van der Waals surface area contributed by atoms with Gasteiger partial charge in [-0.15, -0.1) is 0 Å². The molecule has 12 heteroatoms.